The summed E-state index contributed by atoms with van der Waals surface area (Å²) in [4.78, 5) is 13.6. The number of fused-ring (bicyclic) bond motifs is 1. The van der Waals surface area contributed by atoms with Gasteiger partial charge in [-0.05, 0) is 31.7 Å². The number of hydrogen-bond donors (Lipinski definition) is 1. The molecule has 0 bridgehead atoms. The molecule has 1 aliphatic heterocycles. The van der Waals surface area contributed by atoms with Gasteiger partial charge in [0.1, 0.15) is 6.04 Å². The van der Waals surface area contributed by atoms with E-state index < -0.39 is 41.1 Å². The number of amides is 1. The van der Waals surface area contributed by atoms with Crippen LogP contribution >= 0.6 is 0 Å². The number of carbonyl (C=O) groups excluding carboxylic acids is 1. The summed E-state index contributed by atoms with van der Waals surface area (Å²) in [5.74, 6) is -5.45. The third-order valence-electron chi connectivity index (χ3n) is 4.40. The number of nitriles is 1. The standard InChI is InChI=1S/C15H13F3N2O2/c16-10-5-9-11(6-19)20(7-1-3-8(21)4-2-7)15(22)12(9)14(18)13(10)17/h5,7-8,11,21H,1-4H2. The van der Waals surface area contributed by atoms with E-state index in [1.165, 1.54) is 4.90 Å². The van der Waals surface area contributed by atoms with Crippen LogP contribution in [0.25, 0.3) is 0 Å². The first kappa shape index (κ1) is 14.9. The Balaban J connectivity index is 2.03. The van der Waals surface area contributed by atoms with Gasteiger partial charge < -0.3 is 10.0 Å². The first-order chi connectivity index (χ1) is 10.5. The van der Waals surface area contributed by atoms with Crippen LogP contribution in [0, 0.1) is 28.8 Å². The lowest BCUT2D eigenvalue weighted by atomic mass is 9.91. The van der Waals surface area contributed by atoms with Gasteiger partial charge in [-0.15, -0.1) is 0 Å². The average Bonchev–Trinajstić information content (AvgIpc) is 2.78. The maximum absolute atomic E-state index is 13.9. The Morgan fingerprint density at radius 3 is 2.41 bits per heavy atom. The van der Waals surface area contributed by atoms with E-state index in [1.54, 1.807) is 0 Å². The second-order valence-electron chi connectivity index (χ2n) is 5.66. The Labute approximate surface area is 124 Å². The maximum atomic E-state index is 13.9. The summed E-state index contributed by atoms with van der Waals surface area (Å²) < 4.78 is 40.7. The number of nitrogens with zero attached hydrogens (tertiary/aromatic N) is 2. The largest absolute Gasteiger partial charge is 0.393 e. The summed E-state index contributed by atoms with van der Waals surface area (Å²) in [6, 6.07) is 1.11. The molecule has 1 saturated carbocycles. The smallest absolute Gasteiger partial charge is 0.258 e. The first-order valence-electron chi connectivity index (χ1n) is 7.03. The second-order valence-corrected chi connectivity index (χ2v) is 5.66. The molecule has 1 unspecified atom stereocenters. The van der Waals surface area contributed by atoms with Gasteiger partial charge in [-0.2, -0.15) is 5.26 Å². The van der Waals surface area contributed by atoms with Crippen LogP contribution in [0.15, 0.2) is 6.07 Å². The van der Waals surface area contributed by atoms with E-state index in [2.05, 4.69) is 0 Å². The van der Waals surface area contributed by atoms with E-state index in [9.17, 15) is 28.3 Å². The fourth-order valence-corrected chi connectivity index (χ4v) is 3.29. The number of benzene rings is 1. The summed E-state index contributed by atoms with van der Waals surface area (Å²) >= 11 is 0. The predicted octanol–water partition coefficient (Wildman–Crippen LogP) is 2.43. The van der Waals surface area contributed by atoms with Crippen molar-refractivity contribution in [3.8, 4) is 6.07 Å². The zero-order valence-corrected chi connectivity index (χ0v) is 11.5. The third kappa shape index (κ3) is 2.06. The highest BCUT2D eigenvalue weighted by Gasteiger charge is 2.45. The number of aliphatic hydroxyl groups excluding tert-OH is 1. The number of aliphatic hydroxyl groups is 1. The third-order valence-corrected chi connectivity index (χ3v) is 4.40. The molecular weight excluding hydrogens is 297 g/mol. The Morgan fingerprint density at radius 2 is 1.82 bits per heavy atom. The predicted molar refractivity (Wildman–Crippen MR) is 69.1 cm³/mol. The molecule has 22 heavy (non-hydrogen) atoms. The van der Waals surface area contributed by atoms with Crippen molar-refractivity contribution in [2.75, 3.05) is 0 Å². The fourth-order valence-electron chi connectivity index (χ4n) is 3.29. The summed E-state index contributed by atoms with van der Waals surface area (Å²) in [7, 11) is 0. The minimum absolute atomic E-state index is 0.130. The minimum Gasteiger partial charge on any atom is -0.393 e. The van der Waals surface area contributed by atoms with E-state index in [-0.39, 0.29) is 11.6 Å². The van der Waals surface area contributed by atoms with Gasteiger partial charge >= 0.3 is 0 Å². The SMILES string of the molecule is N#CC1c2cc(F)c(F)c(F)c2C(=O)N1C1CCC(O)CC1. The molecule has 0 saturated heterocycles. The van der Waals surface area contributed by atoms with E-state index >= 15 is 0 Å². The molecule has 1 aliphatic carbocycles. The molecule has 3 rings (SSSR count). The highest BCUT2D eigenvalue weighted by molar-refractivity contribution is 6.00. The molecule has 1 aromatic carbocycles. The van der Waals surface area contributed by atoms with Crippen LogP contribution in [-0.2, 0) is 0 Å². The number of hydrogen-bond acceptors (Lipinski definition) is 3. The van der Waals surface area contributed by atoms with Crippen LogP contribution < -0.4 is 0 Å². The highest BCUT2D eigenvalue weighted by Crippen LogP contribution is 2.40. The lowest BCUT2D eigenvalue weighted by molar-refractivity contribution is 0.0476. The van der Waals surface area contributed by atoms with Crippen molar-refractivity contribution in [3.63, 3.8) is 0 Å². The zero-order valence-electron chi connectivity index (χ0n) is 11.5. The van der Waals surface area contributed by atoms with Crippen molar-refractivity contribution in [1.29, 1.82) is 5.26 Å². The van der Waals surface area contributed by atoms with Gasteiger partial charge in [0.2, 0.25) is 0 Å². The van der Waals surface area contributed by atoms with Crippen molar-refractivity contribution in [2.45, 2.75) is 43.9 Å². The summed E-state index contributed by atoms with van der Waals surface area (Å²) in [5.41, 5.74) is -0.688. The molecule has 7 heteroatoms. The van der Waals surface area contributed by atoms with Crippen molar-refractivity contribution in [1.82, 2.24) is 4.90 Å². The van der Waals surface area contributed by atoms with Gasteiger partial charge in [0, 0.05) is 11.6 Å². The molecule has 1 heterocycles. The monoisotopic (exact) mass is 310 g/mol. The van der Waals surface area contributed by atoms with E-state index in [0.29, 0.717) is 25.7 Å². The van der Waals surface area contributed by atoms with E-state index in [4.69, 9.17) is 0 Å². The second kappa shape index (κ2) is 5.29. The molecular formula is C15H13F3N2O2. The quantitative estimate of drug-likeness (QED) is 0.810. The zero-order chi connectivity index (χ0) is 16.0. The van der Waals surface area contributed by atoms with Gasteiger partial charge in [0.05, 0.1) is 17.7 Å². The van der Waals surface area contributed by atoms with Crippen LogP contribution in [0.2, 0.25) is 0 Å². The Morgan fingerprint density at radius 1 is 1.18 bits per heavy atom. The lowest BCUT2D eigenvalue weighted by Crippen LogP contribution is -2.41. The number of rotatable bonds is 1. The molecule has 1 N–H and O–H groups in total. The molecule has 0 aromatic heterocycles. The van der Waals surface area contributed by atoms with E-state index in [0.717, 1.165) is 6.07 Å². The fraction of sp³-hybridized carbons (Fsp3) is 0.467. The van der Waals surface area contributed by atoms with Crippen LogP contribution in [-0.4, -0.2) is 28.1 Å². The Bertz CT molecular complexity index is 678. The van der Waals surface area contributed by atoms with Gasteiger partial charge in [0.15, 0.2) is 17.5 Å². The lowest BCUT2D eigenvalue weighted by Gasteiger charge is -2.34. The minimum atomic E-state index is -1.70. The van der Waals surface area contributed by atoms with Gasteiger partial charge in [0.25, 0.3) is 5.91 Å². The van der Waals surface area contributed by atoms with Crippen LogP contribution in [0.1, 0.15) is 47.6 Å². The van der Waals surface area contributed by atoms with Gasteiger partial charge in [-0.25, -0.2) is 13.2 Å². The molecule has 1 amide bonds. The topological polar surface area (TPSA) is 64.3 Å². The van der Waals surface area contributed by atoms with Crippen LogP contribution in [0.4, 0.5) is 13.2 Å². The molecule has 1 fully saturated rings. The first-order valence-corrected chi connectivity index (χ1v) is 7.03. The van der Waals surface area contributed by atoms with Crippen LogP contribution in [0.5, 0.6) is 0 Å². The molecule has 0 spiro atoms. The molecule has 0 radical (unpaired) electrons. The Hall–Kier alpha value is -2.07. The average molecular weight is 310 g/mol. The molecule has 1 aromatic rings. The number of carbonyl (C=O) groups is 1. The normalized spacial score (nSPS) is 27.7. The van der Waals surface area contributed by atoms with Crippen molar-refractivity contribution >= 4 is 5.91 Å². The molecule has 2 aliphatic rings. The maximum Gasteiger partial charge on any atom is 0.258 e. The highest BCUT2D eigenvalue weighted by atomic mass is 19.2. The molecule has 4 nitrogen and oxygen atoms in total. The Kier molecular flexibility index (Phi) is 3.57. The van der Waals surface area contributed by atoms with Crippen LogP contribution in [0.3, 0.4) is 0 Å². The molecule has 1 atom stereocenters. The van der Waals surface area contributed by atoms with Crippen molar-refractivity contribution in [2.24, 2.45) is 0 Å². The van der Waals surface area contributed by atoms with Gasteiger partial charge in [-0.1, -0.05) is 0 Å². The van der Waals surface area contributed by atoms with Gasteiger partial charge in [-0.3, -0.25) is 4.79 Å². The summed E-state index contributed by atoms with van der Waals surface area (Å²) in [6.07, 6.45) is 1.41. The van der Waals surface area contributed by atoms with Crippen molar-refractivity contribution < 1.29 is 23.1 Å². The number of halogens is 3. The summed E-state index contributed by atoms with van der Waals surface area (Å²) in [6.45, 7) is 0. The summed E-state index contributed by atoms with van der Waals surface area (Å²) in [5, 5.41) is 18.8. The van der Waals surface area contributed by atoms with E-state index in [1.807, 2.05) is 6.07 Å². The van der Waals surface area contributed by atoms with Crippen molar-refractivity contribution in [3.05, 3.63) is 34.6 Å². The molecule has 116 valence electrons.